The standard InChI is InChI=1S/C8H14N4O/c1-2-10-7-6(9)8(13)12-5-3-4-11(7)12/h10H,2-5,9H2,1H3. The number of hydrogen-bond donors (Lipinski definition) is 2. The van der Waals surface area contributed by atoms with E-state index >= 15 is 0 Å². The van der Waals surface area contributed by atoms with Crippen LogP contribution in [0.2, 0.25) is 0 Å². The lowest BCUT2D eigenvalue weighted by Gasteiger charge is -2.06. The van der Waals surface area contributed by atoms with Crippen LogP contribution in [0.1, 0.15) is 13.3 Å². The number of nitrogens with two attached hydrogens (primary N) is 1. The quantitative estimate of drug-likeness (QED) is 0.680. The largest absolute Gasteiger partial charge is 0.391 e. The van der Waals surface area contributed by atoms with Gasteiger partial charge in [-0.1, -0.05) is 0 Å². The zero-order valence-corrected chi connectivity index (χ0v) is 7.71. The average molecular weight is 182 g/mol. The van der Waals surface area contributed by atoms with Crippen molar-refractivity contribution in [2.24, 2.45) is 0 Å². The number of hydrogen-bond acceptors (Lipinski definition) is 3. The highest BCUT2D eigenvalue weighted by molar-refractivity contribution is 5.61. The van der Waals surface area contributed by atoms with Gasteiger partial charge in [0.15, 0.2) is 0 Å². The third kappa shape index (κ3) is 1.03. The Hall–Kier alpha value is -1.39. The highest BCUT2D eigenvalue weighted by Gasteiger charge is 2.20. The Morgan fingerprint density at radius 3 is 2.85 bits per heavy atom. The second-order valence-corrected chi connectivity index (χ2v) is 3.20. The molecule has 72 valence electrons. The van der Waals surface area contributed by atoms with Crippen molar-refractivity contribution < 1.29 is 0 Å². The first kappa shape index (κ1) is 8.22. The molecule has 0 amide bonds. The van der Waals surface area contributed by atoms with E-state index in [0.29, 0.717) is 5.69 Å². The average Bonchev–Trinajstić information content (AvgIpc) is 2.66. The Morgan fingerprint density at radius 2 is 2.15 bits per heavy atom. The maximum Gasteiger partial charge on any atom is 0.292 e. The Balaban J connectivity index is 2.55. The van der Waals surface area contributed by atoms with Gasteiger partial charge in [0.25, 0.3) is 5.56 Å². The van der Waals surface area contributed by atoms with Crippen molar-refractivity contribution in [2.75, 3.05) is 17.6 Å². The fourth-order valence-corrected chi connectivity index (χ4v) is 1.79. The van der Waals surface area contributed by atoms with E-state index in [1.165, 1.54) is 0 Å². The number of anilines is 2. The number of nitrogens with one attached hydrogen (secondary N) is 1. The highest BCUT2D eigenvalue weighted by atomic mass is 16.1. The van der Waals surface area contributed by atoms with E-state index in [-0.39, 0.29) is 5.56 Å². The van der Waals surface area contributed by atoms with Crippen LogP contribution in [0.4, 0.5) is 11.5 Å². The van der Waals surface area contributed by atoms with Gasteiger partial charge < -0.3 is 11.1 Å². The van der Waals surface area contributed by atoms with Crippen molar-refractivity contribution in [1.82, 2.24) is 9.36 Å². The number of nitrogen functional groups attached to an aromatic ring is 1. The number of rotatable bonds is 2. The number of fused-ring (bicyclic) bond motifs is 1. The van der Waals surface area contributed by atoms with E-state index in [9.17, 15) is 4.79 Å². The van der Waals surface area contributed by atoms with Crippen LogP contribution in [-0.4, -0.2) is 15.9 Å². The lowest BCUT2D eigenvalue weighted by molar-refractivity contribution is 0.599. The fourth-order valence-electron chi connectivity index (χ4n) is 1.79. The molecule has 1 aromatic rings. The van der Waals surface area contributed by atoms with Gasteiger partial charge in [0.05, 0.1) is 0 Å². The molecule has 0 unspecified atom stereocenters. The predicted molar refractivity (Wildman–Crippen MR) is 51.9 cm³/mol. The molecule has 0 atom stereocenters. The normalized spacial score (nSPS) is 14.5. The molecule has 5 nitrogen and oxygen atoms in total. The van der Waals surface area contributed by atoms with Crippen LogP contribution in [0.5, 0.6) is 0 Å². The van der Waals surface area contributed by atoms with Gasteiger partial charge in [-0.25, -0.2) is 4.68 Å². The number of nitrogens with zero attached hydrogens (tertiary/aromatic N) is 2. The SMILES string of the molecule is CCNc1c(N)c(=O)n2n1CCC2. The molecule has 0 fully saturated rings. The van der Waals surface area contributed by atoms with Gasteiger partial charge >= 0.3 is 0 Å². The molecule has 0 aliphatic carbocycles. The van der Waals surface area contributed by atoms with Crippen molar-refractivity contribution in [3.63, 3.8) is 0 Å². The van der Waals surface area contributed by atoms with Crippen molar-refractivity contribution in [3.8, 4) is 0 Å². The lowest BCUT2D eigenvalue weighted by Crippen LogP contribution is -2.18. The van der Waals surface area contributed by atoms with E-state index in [1.54, 1.807) is 4.68 Å². The summed E-state index contributed by atoms with van der Waals surface area (Å²) in [6.45, 7) is 4.44. The van der Waals surface area contributed by atoms with Crippen LogP contribution < -0.4 is 16.6 Å². The van der Waals surface area contributed by atoms with E-state index in [0.717, 1.165) is 31.9 Å². The second kappa shape index (κ2) is 2.83. The zero-order valence-electron chi connectivity index (χ0n) is 7.71. The molecule has 1 aliphatic heterocycles. The Morgan fingerprint density at radius 1 is 1.46 bits per heavy atom. The minimum Gasteiger partial charge on any atom is -0.391 e. The fraction of sp³-hybridized carbons (Fsp3) is 0.625. The summed E-state index contributed by atoms with van der Waals surface area (Å²) in [5, 5.41) is 3.11. The van der Waals surface area contributed by atoms with Gasteiger partial charge in [-0.15, -0.1) is 0 Å². The van der Waals surface area contributed by atoms with Gasteiger partial charge in [-0.05, 0) is 13.3 Å². The lowest BCUT2D eigenvalue weighted by atomic mass is 10.4. The minimum absolute atomic E-state index is 0.0616. The molecule has 1 aliphatic rings. The highest BCUT2D eigenvalue weighted by Crippen LogP contribution is 2.19. The van der Waals surface area contributed by atoms with Crippen molar-refractivity contribution >= 4 is 11.5 Å². The Bertz CT molecular complexity index is 376. The molecule has 3 N–H and O–H groups in total. The summed E-state index contributed by atoms with van der Waals surface area (Å²) in [6, 6.07) is 0. The summed E-state index contributed by atoms with van der Waals surface area (Å²) in [5.74, 6) is 0.782. The van der Waals surface area contributed by atoms with Crippen molar-refractivity contribution in [3.05, 3.63) is 10.4 Å². The molecular weight excluding hydrogens is 168 g/mol. The smallest absolute Gasteiger partial charge is 0.292 e. The third-order valence-electron chi connectivity index (χ3n) is 2.35. The van der Waals surface area contributed by atoms with Crippen LogP contribution in [0, 0.1) is 0 Å². The zero-order chi connectivity index (χ0) is 9.42. The van der Waals surface area contributed by atoms with E-state index in [4.69, 9.17) is 5.73 Å². The number of aromatic nitrogens is 2. The molecule has 0 bridgehead atoms. The summed E-state index contributed by atoms with van der Waals surface area (Å²) >= 11 is 0. The van der Waals surface area contributed by atoms with E-state index in [2.05, 4.69) is 5.32 Å². The molecule has 5 heteroatoms. The summed E-state index contributed by atoms with van der Waals surface area (Å²) in [7, 11) is 0. The minimum atomic E-state index is -0.0616. The maximum atomic E-state index is 11.5. The van der Waals surface area contributed by atoms with Crippen LogP contribution in [0.25, 0.3) is 0 Å². The summed E-state index contributed by atoms with van der Waals surface area (Å²) in [5.41, 5.74) is 5.97. The first-order valence-corrected chi connectivity index (χ1v) is 4.58. The molecule has 0 aromatic carbocycles. The molecule has 1 aromatic heterocycles. The molecule has 2 heterocycles. The van der Waals surface area contributed by atoms with E-state index < -0.39 is 0 Å². The molecule has 0 saturated carbocycles. The molecular formula is C8H14N4O. The van der Waals surface area contributed by atoms with Crippen LogP contribution >= 0.6 is 0 Å². The van der Waals surface area contributed by atoms with E-state index in [1.807, 2.05) is 11.6 Å². The molecule has 2 rings (SSSR count). The monoisotopic (exact) mass is 182 g/mol. The molecule has 0 radical (unpaired) electrons. The molecule has 13 heavy (non-hydrogen) atoms. The van der Waals surface area contributed by atoms with Crippen molar-refractivity contribution in [1.29, 1.82) is 0 Å². The predicted octanol–water partition coefficient (Wildman–Crippen LogP) is 0.0675. The molecule has 0 saturated heterocycles. The first-order chi connectivity index (χ1) is 6.25. The van der Waals surface area contributed by atoms with Crippen LogP contribution in [0.3, 0.4) is 0 Å². The summed E-state index contributed by atoms with van der Waals surface area (Å²) in [6.07, 6.45) is 1.02. The van der Waals surface area contributed by atoms with Gasteiger partial charge in [0.2, 0.25) is 0 Å². The van der Waals surface area contributed by atoms with Gasteiger partial charge in [0.1, 0.15) is 11.5 Å². The maximum absolute atomic E-state index is 11.5. The van der Waals surface area contributed by atoms with Gasteiger partial charge in [-0.3, -0.25) is 9.48 Å². The van der Waals surface area contributed by atoms with Crippen molar-refractivity contribution in [2.45, 2.75) is 26.4 Å². The first-order valence-electron chi connectivity index (χ1n) is 4.58. The van der Waals surface area contributed by atoms with Crippen LogP contribution in [0.15, 0.2) is 4.79 Å². The van der Waals surface area contributed by atoms with Gasteiger partial charge in [-0.2, -0.15) is 0 Å². The topological polar surface area (TPSA) is 65.0 Å². The Kier molecular flexibility index (Phi) is 1.79. The summed E-state index contributed by atoms with van der Waals surface area (Å²) < 4.78 is 3.63. The second-order valence-electron chi connectivity index (χ2n) is 3.20. The summed E-state index contributed by atoms with van der Waals surface area (Å²) in [4.78, 5) is 11.5. The Labute approximate surface area is 76.1 Å². The molecule has 0 spiro atoms. The third-order valence-corrected chi connectivity index (χ3v) is 2.35. The van der Waals surface area contributed by atoms with Crippen LogP contribution in [-0.2, 0) is 13.1 Å². The van der Waals surface area contributed by atoms with Gasteiger partial charge in [0, 0.05) is 19.6 Å².